The number of ether oxygens (including phenoxy) is 1. The second-order valence-corrected chi connectivity index (χ2v) is 10.5. The molecule has 3 aromatic rings. The number of carbonyl (C=O) groups is 1. The Balaban J connectivity index is 1.47. The summed E-state index contributed by atoms with van der Waals surface area (Å²) in [7, 11) is -1.42. The summed E-state index contributed by atoms with van der Waals surface area (Å²) < 4.78 is 30.4. The highest BCUT2D eigenvalue weighted by molar-refractivity contribution is 7.91. The van der Waals surface area contributed by atoms with Crippen LogP contribution in [0.2, 0.25) is 0 Å². The Morgan fingerprint density at radius 2 is 1.36 bits per heavy atom. The third kappa shape index (κ3) is 7.95. The number of sulfone groups is 1. The standard InChI is InChI=1S/C30H33NO4S/c1-3-30(32)35-24-10-5-4-9-23-31(2)27-19-15-25(16-20-27)13-14-26-17-21-29(22-18-26)36(33,34)28-11-7-6-8-12-28/h3,6-8,11-22H,1,4-5,9-10,23-24H2,2H3/b14-13+. The van der Waals surface area contributed by atoms with Gasteiger partial charge in [0.1, 0.15) is 0 Å². The van der Waals surface area contributed by atoms with Gasteiger partial charge in [-0.15, -0.1) is 0 Å². The fourth-order valence-corrected chi connectivity index (χ4v) is 4.97. The van der Waals surface area contributed by atoms with E-state index < -0.39 is 9.84 Å². The Morgan fingerprint density at radius 3 is 1.97 bits per heavy atom. The Kier molecular flexibility index (Phi) is 10.1. The molecule has 0 aliphatic carbocycles. The van der Waals surface area contributed by atoms with Gasteiger partial charge in [-0.3, -0.25) is 0 Å². The summed E-state index contributed by atoms with van der Waals surface area (Å²) in [6, 6.07) is 23.7. The predicted octanol–water partition coefficient (Wildman–Crippen LogP) is 6.42. The monoisotopic (exact) mass is 503 g/mol. The van der Waals surface area contributed by atoms with Gasteiger partial charge in [-0.1, -0.05) is 67.6 Å². The molecule has 0 aliphatic rings. The molecular formula is C30H33NO4S. The van der Waals surface area contributed by atoms with Crippen LogP contribution in [0.5, 0.6) is 0 Å². The zero-order chi connectivity index (χ0) is 25.8. The first kappa shape index (κ1) is 27.0. The van der Waals surface area contributed by atoms with Gasteiger partial charge < -0.3 is 9.64 Å². The largest absolute Gasteiger partial charge is 0.463 e. The van der Waals surface area contributed by atoms with E-state index in [0.29, 0.717) is 11.5 Å². The van der Waals surface area contributed by atoms with Crippen molar-refractivity contribution in [2.24, 2.45) is 0 Å². The van der Waals surface area contributed by atoms with Crippen molar-refractivity contribution in [2.45, 2.75) is 35.5 Å². The molecule has 0 bridgehead atoms. The minimum atomic E-state index is -3.50. The van der Waals surface area contributed by atoms with Crippen LogP contribution in [0.25, 0.3) is 12.2 Å². The topological polar surface area (TPSA) is 63.7 Å². The molecule has 36 heavy (non-hydrogen) atoms. The minimum absolute atomic E-state index is 0.286. The Labute approximate surface area is 214 Å². The van der Waals surface area contributed by atoms with Crippen molar-refractivity contribution in [3.8, 4) is 0 Å². The third-order valence-electron chi connectivity index (χ3n) is 5.84. The maximum Gasteiger partial charge on any atom is 0.330 e. The number of esters is 1. The Morgan fingerprint density at radius 1 is 0.806 bits per heavy atom. The van der Waals surface area contributed by atoms with Gasteiger partial charge in [0.25, 0.3) is 0 Å². The van der Waals surface area contributed by atoms with Gasteiger partial charge in [-0.25, -0.2) is 13.2 Å². The summed E-state index contributed by atoms with van der Waals surface area (Å²) >= 11 is 0. The highest BCUT2D eigenvalue weighted by Gasteiger charge is 2.16. The first-order chi connectivity index (χ1) is 17.4. The molecule has 0 fully saturated rings. The lowest BCUT2D eigenvalue weighted by Crippen LogP contribution is -2.18. The second-order valence-electron chi connectivity index (χ2n) is 8.52. The number of benzene rings is 3. The lowest BCUT2D eigenvalue weighted by molar-refractivity contribution is -0.137. The summed E-state index contributed by atoms with van der Waals surface area (Å²) in [5.41, 5.74) is 3.16. The van der Waals surface area contributed by atoms with E-state index in [1.54, 1.807) is 42.5 Å². The molecule has 0 saturated heterocycles. The average molecular weight is 504 g/mol. The van der Waals surface area contributed by atoms with E-state index in [1.165, 1.54) is 6.08 Å². The molecule has 0 radical (unpaired) electrons. The van der Waals surface area contributed by atoms with Crippen molar-refractivity contribution in [2.75, 3.05) is 25.1 Å². The van der Waals surface area contributed by atoms with Crippen LogP contribution in [0.1, 0.15) is 36.8 Å². The highest BCUT2D eigenvalue weighted by Crippen LogP contribution is 2.22. The minimum Gasteiger partial charge on any atom is -0.463 e. The van der Waals surface area contributed by atoms with Gasteiger partial charge in [0.15, 0.2) is 0 Å². The van der Waals surface area contributed by atoms with Gasteiger partial charge >= 0.3 is 5.97 Å². The lowest BCUT2D eigenvalue weighted by Gasteiger charge is -2.19. The van der Waals surface area contributed by atoms with Crippen LogP contribution in [0.15, 0.2) is 101 Å². The highest BCUT2D eigenvalue weighted by atomic mass is 32.2. The van der Waals surface area contributed by atoms with Crippen LogP contribution in [0.3, 0.4) is 0 Å². The van der Waals surface area contributed by atoms with Crippen molar-refractivity contribution in [1.29, 1.82) is 0 Å². The zero-order valence-corrected chi connectivity index (χ0v) is 21.5. The molecule has 0 aliphatic heterocycles. The van der Waals surface area contributed by atoms with Crippen LogP contribution < -0.4 is 4.90 Å². The van der Waals surface area contributed by atoms with Gasteiger partial charge in [0, 0.05) is 25.4 Å². The van der Waals surface area contributed by atoms with Crippen LogP contribution in [0, 0.1) is 0 Å². The summed E-state index contributed by atoms with van der Waals surface area (Å²) in [6.07, 6.45) is 9.24. The Bertz CT molecular complexity index is 1250. The number of rotatable bonds is 13. The van der Waals surface area contributed by atoms with E-state index in [1.807, 2.05) is 24.3 Å². The van der Waals surface area contributed by atoms with Crippen molar-refractivity contribution in [1.82, 2.24) is 0 Å². The smallest absolute Gasteiger partial charge is 0.330 e. The number of hydrogen-bond acceptors (Lipinski definition) is 5. The van der Waals surface area contributed by atoms with E-state index in [0.717, 1.165) is 49.0 Å². The molecular weight excluding hydrogens is 470 g/mol. The van der Waals surface area contributed by atoms with E-state index in [2.05, 4.69) is 42.8 Å². The fourth-order valence-electron chi connectivity index (χ4n) is 3.69. The molecule has 0 spiro atoms. The molecule has 3 aromatic carbocycles. The number of unbranched alkanes of at least 4 members (excludes halogenated alkanes) is 3. The molecule has 6 heteroatoms. The molecule has 0 atom stereocenters. The number of nitrogens with zero attached hydrogens (tertiary/aromatic N) is 1. The van der Waals surface area contributed by atoms with Crippen LogP contribution in [0.4, 0.5) is 5.69 Å². The summed E-state index contributed by atoms with van der Waals surface area (Å²) in [6.45, 7) is 4.79. The SMILES string of the molecule is C=CC(=O)OCCCCCCN(C)c1ccc(/C=C/c2ccc(S(=O)(=O)c3ccccc3)cc2)cc1. The molecule has 0 saturated carbocycles. The van der Waals surface area contributed by atoms with Gasteiger partial charge in [-0.2, -0.15) is 0 Å². The molecule has 0 unspecified atom stereocenters. The normalized spacial score (nSPS) is 11.4. The van der Waals surface area contributed by atoms with Crippen molar-refractivity contribution >= 4 is 33.6 Å². The molecule has 0 amide bonds. The molecule has 5 nitrogen and oxygen atoms in total. The predicted molar refractivity (Wildman–Crippen MR) is 147 cm³/mol. The Hall–Kier alpha value is -3.64. The number of hydrogen-bond donors (Lipinski definition) is 0. The summed E-state index contributed by atoms with van der Waals surface area (Å²) in [4.78, 5) is 13.8. The van der Waals surface area contributed by atoms with E-state index >= 15 is 0 Å². The third-order valence-corrected chi connectivity index (χ3v) is 7.63. The second kappa shape index (κ2) is 13.4. The fraction of sp³-hybridized carbons (Fsp3) is 0.233. The van der Waals surface area contributed by atoms with Crippen molar-refractivity contribution in [3.63, 3.8) is 0 Å². The van der Waals surface area contributed by atoms with E-state index in [9.17, 15) is 13.2 Å². The van der Waals surface area contributed by atoms with Crippen LogP contribution in [-0.4, -0.2) is 34.6 Å². The van der Waals surface area contributed by atoms with Crippen molar-refractivity contribution < 1.29 is 17.9 Å². The number of carbonyl (C=O) groups excluding carboxylic acids is 1. The van der Waals surface area contributed by atoms with E-state index in [-0.39, 0.29) is 10.9 Å². The van der Waals surface area contributed by atoms with Crippen LogP contribution >= 0.6 is 0 Å². The zero-order valence-electron chi connectivity index (χ0n) is 20.7. The maximum absolute atomic E-state index is 12.7. The maximum atomic E-state index is 12.7. The molecule has 0 aromatic heterocycles. The average Bonchev–Trinajstić information content (AvgIpc) is 2.92. The molecule has 3 rings (SSSR count). The van der Waals surface area contributed by atoms with Gasteiger partial charge in [0.2, 0.25) is 9.84 Å². The van der Waals surface area contributed by atoms with E-state index in [4.69, 9.17) is 4.74 Å². The first-order valence-electron chi connectivity index (χ1n) is 12.1. The molecule has 0 N–H and O–H groups in total. The quantitative estimate of drug-likeness (QED) is 0.117. The summed E-state index contributed by atoms with van der Waals surface area (Å²) in [5.74, 6) is -0.361. The lowest BCUT2D eigenvalue weighted by atomic mass is 10.1. The van der Waals surface area contributed by atoms with Crippen LogP contribution in [-0.2, 0) is 19.4 Å². The van der Waals surface area contributed by atoms with Gasteiger partial charge in [0.05, 0.1) is 16.4 Å². The molecule has 188 valence electrons. The van der Waals surface area contributed by atoms with Gasteiger partial charge in [-0.05, 0) is 66.8 Å². The van der Waals surface area contributed by atoms with Crippen molar-refractivity contribution in [3.05, 3.63) is 103 Å². The first-order valence-corrected chi connectivity index (χ1v) is 13.6. The molecule has 0 heterocycles. The summed E-state index contributed by atoms with van der Waals surface area (Å²) in [5, 5.41) is 0. The number of anilines is 1.